The maximum absolute atomic E-state index is 9.29. The molecule has 0 aliphatic heterocycles. The molecule has 104 valence electrons. The molecule has 0 aliphatic carbocycles. The number of benzene rings is 1. The van der Waals surface area contributed by atoms with Gasteiger partial charge in [0, 0.05) is 16.7 Å². The Labute approximate surface area is 121 Å². The zero-order chi connectivity index (χ0) is 12.5. The van der Waals surface area contributed by atoms with Gasteiger partial charge in [0.05, 0.1) is 6.61 Å². The van der Waals surface area contributed by atoms with Crippen molar-refractivity contribution in [2.45, 2.75) is 31.2 Å². The van der Waals surface area contributed by atoms with Gasteiger partial charge in [-0.15, -0.1) is 24.2 Å². The molecular formula is C14H24ClNOS. The number of hydrogen-bond donors (Lipinski definition) is 2. The molecule has 0 heterocycles. The van der Waals surface area contributed by atoms with Crippen LogP contribution in [0.15, 0.2) is 35.2 Å². The fraction of sp³-hybridized carbons (Fsp3) is 0.571. The van der Waals surface area contributed by atoms with Crippen molar-refractivity contribution in [1.29, 1.82) is 0 Å². The largest absolute Gasteiger partial charge is 0.395 e. The second kappa shape index (κ2) is 10.7. The minimum atomic E-state index is 0. The van der Waals surface area contributed by atoms with E-state index >= 15 is 0 Å². The summed E-state index contributed by atoms with van der Waals surface area (Å²) < 4.78 is 0. The molecule has 0 aliphatic rings. The van der Waals surface area contributed by atoms with E-state index < -0.39 is 0 Å². The highest BCUT2D eigenvalue weighted by Crippen LogP contribution is 2.17. The van der Waals surface area contributed by atoms with Crippen molar-refractivity contribution >= 4 is 24.2 Å². The molecule has 0 radical (unpaired) electrons. The highest BCUT2D eigenvalue weighted by molar-refractivity contribution is 7.99. The number of aliphatic hydroxyl groups is 1. The summed E-state index contributed by atoms with van der Waals surface area (Å²) in [6, 6.07) is 10.5. The Balaban J connectivity index is 0.00000289. The second-order valence-corrected chi connectivity index (χ2v) is 5.73. The number of thioether (sulfide) groups is 1. The predicted octanol–water partition coefficient (Wildman–Crippen LogP) is 3.20. The molecule has 0 saturated heterocycles. The lowest BCUT2D eigenvalue weighted by atomic mass is 10.1. The average Bonchev–Trinajstić information content (AvgIpc) is 2.34. The van der Waals surface area contributed by atoms with E-state index in [-0.39, 0.29) is 25.1 Å². The van der Waals surface area contributed by atoms with Gasteiger partial charge in [-0.2, -0.15) is 0 Å². The van der Waals surface area contributed by atoms with Crippen LogP contribution in [0.3, 0.4) is 0 Å². The minimum Gasteiger partial charge on any atom is -0.395 e. The molecule has 0 spiro atoms. The average molecular weight is 290 g/mol. The predicted molar refractivity (Wildman–Crippen MR) is 82.7 cm³/mol. The molecule has 1 aromatic carbocycles. The van der Waals surface area contributed by atoms with Gasteiger partial charge in [0.1, 0.15) is 0 Å². The first-order valence-corrected chi connectivity index (χ1v) is 7.23. The lowest BCUT2D eigenvalue weighted by molar-refractivity contribution is 0.252. The second-order valence-electron chi connectivity index (χ2n) is 4.64. The molecule has 0 aromatic heterocycles. The van der Waals surface area contributed by atoms with Gasteiger partial charge in [0.15, 0.2) is 0 Å². The van der Waals surface area contributed by atoms with Crippen LogP contribution in [0, 0.1) is 5.92 Å². The van der Waals surface area contributed by atoms with Crippen molar-refractivity contribution in [1.82, 2.24) is 5.32 Å². The van der Waals surface area contributed by atoms with E-state index in [2.05, 4.69) is 31.3 Å². The Morgan fingerprint density at radius 3 is 2.44 bits per heavy atom. The van der Waals surface area contributed by atoms with Crippen LogP contribution in [-0.2, 0) is 0 Å². The van der Waals surface area contributed by atoms with Crippen LogP contribution in [-0.4, -0.2) is 30.1 Å². The maximum Gasteiger partial charge on any atom is 0.0592 e. The van der Waals surface area contributed by atoms with E-state index in [1.54, 1.807) is 11.8 Å². The van der Waals surface area contributed by atoms with Crippen LogP contribution in [0.1, 0.15) is 20.3 Å². The van der Waals surface area contributed by atoms with Crippen LogP contribution in [0.5, 0.6) is 0 Å². The monoisotopic (exact) mass is 289 g/mol. The van der Waals surface area contributed by atoms with E-state index in [1.807, 2.05) is 18.2 Å². The van der Waals surface area contributed by atoms with Gasteiger partial charge in [-0.05, 0) is 31.0 Å². The first-order valence-electron chi connectivity index (χ1n) is 6.24. The molecule has 1 rings (SSSR count). The zero-order valence-electron chi connectivity index (χ0n) is 11.1. The van der Waals surface area contributed by atoms with Crippen LogP contribution in [0.25, 0.3) is 0 Å². The lowest BCUT2D eigenvalue weighted by Crippen LogP contribution is -2.35. The minimum absolute atomic E-state index is 0. The molecular weight excluding hydrogens is 266 g/mol. The Morgan fingerprint density at radius 2 is 1.89 bits per heavy atom. The fourth-order valence-corrected chi connectivity index (χ4v) is 2.43. The number of aliphatic hydroxyl groups excluding tert-OH is 1. The highest BCUT2D eigenvalue weighted by atomic mass is 35.5. The normalized spacial score (nSPS) is 12.2. The summed E-state index contributed by atoms with van der Waals surface area (Å²) >= 11 is 1.79. The SMILES string of the molecule is CC(C)CCNC(CO)CSc1ccccc1.Cl. The summed E-state index contributed by atoms with van der Waals surface area (Å²) in [4.78, 5) is 1.26. The van der Waals surface area contributed by atoms with Gasteiger partial charge >= 0.3 is 0 Å². The van der Waals surface area contributed by atoms with Gasteiger partial charge in [-0.1, -0.05) is 32.0 Å². The van der Waals surface area contributed by atoms with Crippen LogP contribution >= 0.6 is 24.2 Å². The fourth-order valence-electron chi connectivity index (χ4n) is 1.47. The van der Waals surface area contributed by atoms with Crippen molar-refractivity contribution in [2.24, 2.45) is 5.92 Å². The summed E-state index contributed by atoms with van der Waals surface area (Å²) in [6.07, 6.45) is 1.16. The summed E-state index contributed by atoms with van der Waals surface area (Å²) in [5.74, 6) is 1.63. The summed E-state index contributed by atoms with van der Waals surface area (Å²) in [5, 5.41) is 12.7. The molecule has 1 aromatic rings. The summed E-state index contributed by atoms with van der Waals surface area (Å²) in [7, 11) is 0. The van der Waals surface area contributed by atoms with Gasteiger partial charge in [0.25, 0.3) is 0 Å². The third-order valence-corrected chi connectivity index (χ3v) is 3.74. The van der Waals surface area contributed by atoms with Crippen molar-refractivity contribution in [3.05, 3.63) is 30.3 Å². The van der Waals surface area contributed by atoms with Crippen LogP contribution in [0.2, 0.25) is 0 Å². The Bertz CT molecular complexity index is 295. The molecule has 2 nitrogen and oxygen atoms in total. The van der Waals surface area contributed by atoms with Gasteiger partial charge < -0.3 is 10.4 Å². The number of rotatable bonds is 8. The van der Waals surface area contributed by atoms with Crippen molar-refractivity contribution in [3.8, 4) is 0 Å². The molecule has 18 heavy (non-hydrogen) atoms. The molecule has 4 heteroatoms. The lowest BCUT2D eigenvalue weighted by Gasteiger charge is -2.16. The highest BCUT2D eigenvalue weighted by Gasteiger charge is 2.07. The van der Waals surface area contributed by atoms with E-state index in [1.165, 1.54) is 4.90 Å². The zero-order valence-corrected chi connectivity index (χ0v) is 12.8. The maximum atomic E-state index is 9.29. The third kappa shape index (κ3) is 7.98. The van der Waals surface area contributed by atoms with Crippen molar-refractivity contribution < 1.29 is 5.11 Å². The number of hydrogen-bond acceptors (Lipinski definition) is 3. The summed E-state index contributed by atoms with van der Waals surface area (Å²) in [5.41, 5.74) is 0. The third-order valence-electron chi connectivity index (χ3n) is 2.57. The van der Waals surface area contributed by atoms with Gasteiger partial charge in [-0.3, -0.25) is 0 Å². The van der Waals surface area contributed by atoms with E-state index in [9.17, 15) is 5.11 Å². The van der Waals surface area contributed by atoms with Crippen LogP contribution < -0.4 is 5.32 Å². The smallest absolute Gasteiger partial charge is 0.0592 e. The Hall–Kier alpha value is -0.220. The van der Waals surface area contributed by atoms with Gasteiger partial charge in [0.2, 0.25) is 0 Å². The molecule has 0 fully saturated rings. The van der Waals surface area contributed by atoms with Crippen molar-refractivity contribution in [3.63, 3.8) is 0 Å². The van der Waals surface area contributed by atoms with E-state index in [0.29, 0.717) is 5.92 Å². The molecule has 2 N–H and O–H groups in total. The molecule has 0 saturated carbocycles. The Morgan fingerprint density at radius 1 is 1.22 bits per heavy atom. The molecule has 0 amide bonds. The number of nitrogens with one attached hydrogen (secondary N) is 1. The molecule has 0 bridgehead atoms. The first kappa shape index (κ1) is 17.8. The van der Waals surface area contributed by atoms with E-state index in [4.69, 9.17) is 0 Å². The van der Waals surface area contributed by atoms with Crippen LogP contribution in [0.4, 0.5) is 0 Å². The topological polar surface area (TPSA) is 32.3 Å². The first-order chi connectivity index (χ1) is 8.22. The summed E-state index contributed by atoms with van der Waals surface area (Å²) in [6.45, 7) is 5.62. The number of halogens is 1. The van der Waals surface area contributed by atoms with Gasteiger partial charge in [-0.25, -0.2) is 0 Å². The molecule has 1 unspecified atom stereocenters. The molecule has 1 atom stereocenters. The Kier molecular flexibility index (Phi) is 10.5. The quantitative estimate of drug-likeness (QED) is 0.721. The van der Waals surface area contributed by atoms with E-state index in [0.717, 1.165) is 18.7 Å². The van der Waals surface area contributed by atoms with Crippen molar-refractivity contribution in [2.75, 3.05) is 18.9 Å². The standard InChI is InChI=1S/C14H23NOS.ClH/c1-12(2)8-9-15-13(10-16)11-17-14-6-4-3-5-7-14;/h3-7,12-13,15-16H,8-11H2,1-2H3;1H.